The van der Waals surface area contributed by atoms with E-state index in [-0.39, 0.29) is 12.4 Å². The molecule has 0 amide bonds. The first-order valence-corrected chi connectivity index (χ1v) is 5.47. The molecule has 3 rings (SSSR count). The Morgan fingerprint density at radius 3 is 3.06 bits per heavy atom. The first-order valence-electron chi connectivity index (χ1n) is 4.63. The van der Waals surface area contributed by atoms with Gasteiger partial charge in [0.15, 0.2) is 0 Å². The predicted octanol–water partition coefficient (Wildman–Crippen LogP) is 3.20. The summed E-state index contributed by atoms with van der Waals surface area (Å²) in [5, 5.41) is 5.12. The van der Waals surface area contributed by atoms with Crippen LogP contribution >= 0.6 is 23.9 Å². The first-order chi connectivity index (χ1) is 7.38. The lowest BCUT2D eigenvalue weighted by Gasteiger charge is -1.99. The van der Waals surface area contributed by atoms with Crippen molar-refractivity contribution in [3.05, 3.63) is 35.4 Å². The summed E-state index contributed by atoms with van der Waals surface area (Å²) in [7, 11) is 0. The number of anilines is 2. The number of nitrogens with zero attached hydrogens (tertiary/aromatic N) is 1. The summed E-state index contributed by atoms with van der Waals surface area (Å²) in [4.78, 5) is 0. The van der Waals surface area contributed by atoms with E-state index in [0.29, 0.717) is 0 Å². The Kier molecular flexibility index (Phi) is 2.85. The second-order valence-electron chi connectivity index (χ2n) is 3.33. The molecule has 5 heteroatoms. The van der Waals surface area contributed by atoms with Crippen LogP contribution in [0.2, 0.25) is 0 Å². The van der Waals surface area contributed by atoms with Gasteiger partial charge in [0, 0.05) is 22.7 Å². The Balaban J connectivity index is 0.000000963. The van der Waals surface area contributed by atoms with E-state index in [4.69, 9.17) is 5.73 Å². The second-order valence-corrected chi connectivity index (χ2v) is 3.99. The first kappa shape index (κ1) is 11.0. The van der Waals surface area contributed by atoms with Crippen molar-refractivity contribution in [2.75, 3.05) is 11.1 Å². The van der Waals surface area contributed by atoms with Crippen LogP contribution in [0.1, 0.15) is 5.56 Å². The van der Waals surface area contributed by atoms with E-state index in [9.17, 15) is 0 Å². The second kappa shape index (κ2) is 4.15. The topological polar surface area (TPSA) is 50.9 Å². The van der Waals surface area contributed by atoms with E-state index in [1.54, 1.807) is 0 Å². The normalized spacial score (nSPS) is 12.8. The third-order valence-electron chi connectivity index (χ3n) is 2.48. The highest BCUT2D eigenvalue weighted by Crippen LogP contribution is 2.43. The summed E-state index contributed by atoms with van der Waals surface area (Å²) in [6, 6.07) is 2.01. The van der Waals surface area contributed by atoms with Gasteiger partial charge >= 0.3 is 0 Å². The van der Waals surface area contributed by atoms with E-state index >= 15 is 0 Å². The zero-order valence-corrected chi connectivity index (χ0v) is 9.94. The minimum atomic E-state index is 0. The minimum Gasteiger partial charge on any atom is -0.396 e. The lowest BCUT2D eigenvalue weighted by atomic mass is 10.2. The largest absolute Gasteiger partial charge is 0.396 e. The van der Waals surface area contributed by atoms with Gasteiger partial charge in [-0.1, -0.05) is 12.2 Å². The van der Waals surface area contributed by atoms with Crippen molar-refractivity contribution in [2.45, 2.75) is 0 Å². The average molecular weight is 252 g/mol. The quantitative estimate of drug-likeness (QED) is 0.756. The zero-order valence-electron chi connectivity index (χ0n) is 8.31. The Bertz CT molecular complexity index is 545. The number of nitrogen functional groups attached to an aromatic ring is 1. The van der Waals surface area contributed by atoms with Crippen molar-refractivity contribution < 1.29 is 0 Å². The van der Waals surface area contributed by atoms with Gasteiger partial charge in [-0.05, 0) is 23.7 Å². The number of aromatic nitrogens is 1. The molecular weight excluding hydrogens is 242 g/mol. The molecule has 82 valence electrons. The van der Waals surface area contributed by atoms with Gasteiger partial charge in [-0.2, -0.15) is 4.37 Å². The van der Waals surface area contributed by atoms with Gasteiger partial charge < -0.3 is 11.1 Å². The molecule has 0 unspecified atom stereocenters. The SMILES string of the molecule is Cl.Nc1c2ccsnc-2c2c1NC=CC=C2. The summed E-state index contributed by atoms with van der Waals surface area (Å²) >= 11 is 1.44. The third-order valence-corrected chi connectivity index (χ3v) is 3.02. The molecular formula is C11H10ClN3S. The fourth-order valence-corrected chi connectivity index (χ4v) is 2.34. The molecule has 0 fully saturated rings. The summed E-state index contributed by atoms with van der Waals surface area (Å²) in [5.74, 6) is 0. The molecule has 0 aromatic rings. The van der Waals surface area contributed by atoms with Crippen molar-refractivity contribution in [3.8, 4) is 11.3 Å². The van der Waals surface area contributed by atoms with Gasteiger partial charge in [-0.15, -0.1) is 12.4 Å². The molecule has 0 aromatic carbocycles. The number of nitrogens with two attached hydrogens (primary N) is 1. The highest BCUT2D eigenvalue weighted by atomic mass is 35.5. The molecule has 0 spiro atoms. The van der Waals surface area contributed by atoms with Crippen LogP contribution in [-0.2, 0) is 0 Å². The highest BCUT2D eigenvalue weighted by Gasteiger charge is 2.20. The Hall–Kier alpha value is -1.52. The van der Waals surface area contributed by atoms with E-state index < -0.39 is 0 Å². The summed E-state index contributed by atoms with van der Waals surface area (Å²) in [6.45, 7) is 0. The molecule has 2 heterocycles. The molecule has 2 aliphatic heterocycles. The fraction of sp³-hybridized carbons (Fsp3) is 0. The number of allylic oxidation sites excluding steroid dienone is 2. The third kappa shape index (κ3) is 1.47. The van der Waals surface area contributed by atoms with Gasteiger partial charge in [0.25, 0.3) is 0 Å². The monoisotopic (exact) mass is 251 g/mol. The molecule has 0 saturated carbocycles. The van der Waals surface area contributed by atoms with Gasteiger partial charge in [-0.3, -0.25) is 0 Å². The maximum absolute atomic E-state index is 6.06. The molecule has 0 saturated heterocycles. The van der Waals surface area contributed by atoms with Crippen LogP contribution in [0.15, 0.2) is 29.8 Å². The molecule has 0 atom stereocenters. The van der Waals surface area contributed by atoms with Crippen LogP contribution in [0.5, 0.6) is 0 Å². The van der Waals surface area contributed by atoms with E-state index in [2.05, 4.69) is 9.69 Å². The molecule has 1 aliphatic carbocycles. The van der Waals surface area contributed by atoms with Gasteiger partial charge in [0.2, 0.25) is 0 Å². The Morgan fingerprint density at radius 2 is 2.19 bits per heavy atom. The maximum Gasteiger partial charge on any atom is 0.0947 e. The Labute approximate surface area is 104 Å². The van der Waals surface area contributed by atoms with Crippen molar-refractivity contribution in [1.29, 1.82) is 0 Å². The zero-order chi connectivity index (χ0) is 10.3. The van der Waals surface area contributed by atoms with E-state index in [1.807, 2.05) is 35.9 Å². The molecule has 0 radical (unpaired) electrons. The number of hydrogen-bond acceptors (Lipinski definition) is 4. The van der Waals surface area contributed by atoms with Gasteiger partial charge in [0.05, 0.1) is 17.1 Å². The summed E-state index contributed by atoms with van der Waals surface area (Å²) in [5.41, 5.74) is 10.9. The van der Waals surface area contributed by atoms with Crippen LogP contribution in [0, 0.1) is 0 Å². The molecule has 3 N–H and O–H groups in total. The molecule has 3 nitrogen and oxygen atoms in total. The smallest absolute Gasteiger partial charge is 0.0947 e. The number of rotatable bonds is 0. The number of hydrogen-bond donors (Lipinski definition) is 2. The maximum atomic E-state index is 6.06. The average Bonchev–Trinajstić information content (AvgIpc) is 2.48. The Morgan fingerprint density at radius 1 is 1.31 bits per heavy atom. The lowest BCUT2D eigenvalue weighted by molar-refractivity contribution is 1.52. The van der Waals surface area contributed by atoms with Crippen molar-refractivity contribution in [2.24, 2.45) is 0 Å². The van der Waals surface area contributed by atoms with Crippen LogP contribution < -0.4 is 11.1 Å². The molecule has 0 bridgehead atoms. The summed E-state index contributed by atoms with van der Waals surface area (Å²) < 4.78 is 4.40. The highest BCUT2D eigenvalue weighted by molar-refractivity contribution is 7.03. The molecule has 3 aliphatic rings. The van der Waals surface area contributed by atoms with Gasteiger partial charge in [0.1, 0.15) is 0 Å². The van der Waals surface area contributed by atoms with E-state index in [0.717, 1.165) is 28.2 Å². The molecule has 16 heavy (non-hydrogen) atoms. The fourth-order valence-electron chi connectivity index (χ4n) is 1.78. The lowest BCUT2D eigenvalue weighted by Crippen LogP contribution is -1.91. The van der Waals surface area contributed by atoms with Crippen LogP contribution in [0.3, 0.4) is 0 Å². The standard InChI is InChI=1S/C11H9N3S.ClH/c12-9-7-4-6-15-14-10(7)8-3-1-2-5-13-11(8)9;/h1-6,13H,12H2;1H. The molecule has 0 aromatic heterocycles. The van der Waals surface area contributed by atoms with Crippen molar-refractivity contribution >= 4 is 41.4 Å². The van der Waals surface area contributed by atoms with Crippen LogP contribution in [0.4, 0.5) is 11.4 Å². The predicted molar refractivity (Wildman–Crippen MR) is 72.2 cm³/mol. The minimum absolute atomic E-state index is 0. The van der Waals surface area contributed by atoms with Crippen LogP contribution in [-0.4, -0.2) is 4.37 Å². The van der Waals surface area contributed by atoms with Gasteiger partial charge in [-0.25, -0.2) is 0 Å². The van der Waals surface area contributed by atoms with Crippen molar-refractivity contribution in [1.82, 2.24) is 4.37 Å². The van der Waals surface area contributed by atoms with Crippen LogP contribution in [0.25, 0.3) is 17.3 Å². The number of nitrogens with one attached hydrogen (secondary N) is 1. The number of halogens is 1. The summed E-state index contributed by atoms with van der Waals surface area (Å²) in [6.07, 6.45) is 7.83. The van der Waals surface area contributed by atoms with Crippen molar-refractivity contribution in [3.63, 3.8) is 0 Å². The van der Waals surface area contributed by atoms with E-state index in [1.165, 1.54) is 11.5 Å². The number of fused-ring (bicyclic) bond motifs is 3.